The lowest BCUT2D eigenvalue weighted by atomic mass is 10.0. The van der Waals surface area contributed by atoms with E-state index in [2.05, 4.69) is 119 Å². The van der Waals surface area contributed by atoms with E-state index < -0.39 is 0 Å². The Hall–Kier alpha value is -2.55. The quantitative estimate of drug-likeness (QED) is 0.335. The molecule has 3 heterocycles. The van der Waals surface area contributed by atoms with Gasteiger partial charge in [0.1, 0.15) is 0 Å². The van der Waals surface area contributed by atoms with Crippen LogP contribution in [0.4, 0.5) is 0 Å². The molecule has 0 unspecified atom stereocenters. The van der Waals surface area contributed by atoms with Crippen molar-refractivity contribution in [1.82, 2.24) is 15.0 Å². The zero-order valence-electron chi connectivity index (χ0n) is 23.8. The van der Waals surface area contributed by atoms with Crippen molar-refractivity contribution in [2.45, 2.75) is 111 Å². The molecule has 3 nitrogen and oxygen atoms in total. The first-order valence-corrected chi connectivity index (χ1v) is 11.8. The molecule has 0 amide bonds. The second-order valence-electron chi connectivity index (χ2n) is 9.47. The molecule has 0 aromatic carbocycles. The van der Waals surface area contributed by atoms with E-state index in [-0.39, 0.29) is 7.43 Å². The summed E-state index contributed by atoms with van der Waals surface area (Å²) in [4.78, 5) is 13.3. The van der Waals surface area contributed by atoms with Gasteiger partial charge in [-0.15, -0.1) is 0 Å². The van der Waals surface area contributed by atoms with Crippen LogP contribution in [-0.2, 0) is 0 Å². The van der Waals surface area contributed by atoms with Gasteiger partial charge in [-0.3, -0.25) is 15.0 Å². The molecule has 0 aliphatic heterocycles. The van der Waals surface area contributed by atoms with Crippen LogP contribution in [-0.4, -0.2) is 15.0 Å². The molecule has 0 spiro atoms. The van der Waals surface area contributed by atoms with Crippen LogP contribution in [0.1, 0.15) is 91.7 Å². The van der Waals surface area contributed by atoms with Crippen molar-refractivity contribution < 1.29 is 0 Å². The molecule has 0 saturated heterocycles. The summed E-state index contributed by atoms with van der Waals surface area (Å²) in [6.07, 6.45) is 0. The summed E-state index contributed by atoms with van der Waals surface area (Å²) in [6.45, 7) is 31.6. The molecule has 0 aliphatic carbocycles. The minimum Gasteiger partial charge on any atom is -0.258 e. The van der Waals surface area contributed by atoms with Crippen molar-refractivity contribution in [3.05, 3.63) is 84.2 Å². The molecule has 3 rings (SSSR count). The Morgan fingerprint density at radius 3 is 0.471 bits per heavy atom. The van der Waals surface area contributed by atoms with Gasteiger partial charge < -0.3 is 0 Å². The van der Waals surface area contributed by atoms with E-state index in [1.165, 1.54) is 50.1 Å². The molecule has 0 bridgehead atoms. The van der Waals surface area contributed by atoms with Gasteiger partial charge in [-0.1, -0.05) is 7.43 Å². The lowest BCUT2D eigenvalue weighted by Crippen LogP contribution is -1.98. The van der Waals surface area contributed by atoms with Crippen LogP contribution in [0, 0.1) is 104 Å². The fourth-order valence-corrected chi connectivity index (χ4v) is 3.73. The molecule has 0 aliphatic rings. The number of nitrogens with zero attached hydrogens (tertiary/aromatic N) is 3. The summed E-state index contributed by atoms with van der Waals surface area (Å²) in [7, 11) is 0. The van der Waals surface area contributed by atoms with E-state index >= 15 is 0 Å². The highest BCUT2D eigenvalue weighted by molar-refractivity contribution is 5.38. The highest BCUT2D eigenvalue weighted by Gasteiger charge is 2.05. The SMILES string of the molecule is C.Cc1nc(C)c(C)c(C)c1C.Cc1nc(C)c(C)c(C)c1C.Cc1nc(C)c(C)c(C)c1C. The summed E-state index contributed by atoms with van der Waals surface area (Å²) < 4.78 is 0. The van der Waals surface area contributed by atoms with Crippen molar-refractivity contribution in [3.63, 3.8) is 0 Å². The first-order valence-electron chi connectivity index (χ1n) is 11.8. The molecular weight excluding hydrogens is 414 g/mol. The largest absolute Gasteiger partial charge is 0.258 e. The average Bonchev–Trinajstić information content (AvgIpc) is 2.77. The summed E-state index contributed by atoms with van der Waals surface area (Å²) in [5.74, 6) is 0. The summed E-state index contributed by atoms with van der Waals surface area (Å²) in [6, 6.07) is 0. The minimum atomic E-state index is 0. The monoisotopic (exact) mass is 463 g/mol. The highest BCUT2D eigenvalue weighted by atomic mass is 14.7. The van der Waals surface area contributed by atoms with Gasteiger partial charge in [0.2, 0.25) is 0 Å². The Morgan fingerprint density at radius 1 is 0.235 bits per heavy atom. The molecule has 0 N–H and O–H groups in total. The van der Waals surface area contributed by atoms with Crippen LogP contribution in [0.2, 0.25) is 0 Å². The van der Waals surface area contributed by atoms with E-state index in [1.54, 1.807) is 0 Å². The van der Waals surface area contributed by atoms with E-state index in [4.69, 9.17) is 0 Å². The van der Waals surface area contributed by atoms with Crippen molar-refractivity contribution in [2.75, 3.05) is 0 Å². The summed E-state index contributed by atoms with van der Waals surface area (Å²) in [5.41, 5.74) is 19.1. The third kappa shape index (κ3) is 7.22. The van der Waals surface area contributed by atoms with Crippen LogP contribution < -0.4 is 0 Å². The summed E-state index contributed by atoms with van der Waals surface area (Å²) >= 11 is 0. The molecule has 0 saturated carbocycles. The molecule has 0 radical (unpaired) electrons. The molecule has 0 fully saturated rings. The van der Waals surface area contributed by atoms with Crippen molar-refractivity contribution >= 4 is 0 Å². The zero-order chi connectivity index (χ0) is 25.8. The summed E-state index contributed by atoms with van der Waals surface area (Å²) in [5, 5.41) is 0. The van der Waals surface area contributed by atoms with Gasteiger partial charge in [0, 0.05) is 34.2 Å². The Labute approximate surface area is 210 Å². The van der Waals surface area contributed by atoms with E-state index in [0.29, 0.717) is 0 Å². The van der Waals surface area contributed by atoms with Crippen LogP contribution >= 0.6 is 0 Å². The first-order chi connectivity index (χ1) is 15.1. The van der Waals surface area contributed by atoms with Crippen molar-refractivity contribution in [1.29, 1.82) is 0 Å². The topological polar surface area (TPSA) is 38.7 Å². The third-order valence-corrected chi connectivity index (χ3v) is 7.64. The molecule has 34 heavy (non-hydrogen) atoms. The van der Waals surface area contributed by atoms with Crippen LogP contribution in [0.5, 0.6) is 0 Å². The number of hydrogen-bond acceptors (Lipinski definition) is 3. The van der Waals surface area contributed by atoms with Gasteiger partial charge in [0.15, 0.2) is 0 Å². The molecule has 3 heteroatoms. The van der Waals surface area contributed by atoms with Gasteiger partial charge in [-0.2, -0.15) is 0 Å². The molecule has 188 valence electrons. The fourth-order valence-electron chi connectivity index (χ4n) is 3.73. The van der Waals surface area contributed by atoms with E-state index in [0.717, 1.165) is 34.2 Å². The highest BCUT2D eigenvalue weighted by Crippen LogP contribution is 2.18. The second kappa shape index (κ2) is 12.8. The lowest BCUT2D eigenvalue weighted by molar-refractivity contribution is 1.03. The second-order valence-corrected chi connectivity index (χ2v) is 9.47. The fraction of sp³-hybridized carbons (Fsp3) is 0.516. The maximum atomic E-state index is 4.43. The maximum absolute atomic E-state index is 4.43. The Morgan fingerprint density at radius 2 is 0.353 bits per heavy atom. The lowest BCUT2D eigenvalue weighted by Gasteiger charge is -2.09. The predicted octanol–water partition coefficient (Wildman–Crippen LogP) is 8.51. The van der Waals surface area contributed by atoms with E-state index in [1.807, 2.05) is 0 Å². The zero-order valence-corrected chi connectivity index (χ0v) is 23.8. The van der Waals surface area contributed by atoms with Gasteiger partial charge >= 0.3 is 0 Å². The molecule has 3 aromatic heterocycles. The van der Waals surface area contributed by atoms with E-state index in [9.17, 15) is 0 Å². The molecule has 0 atom stereocenters. The number of pyridine rings is 3. The number of rotatable bonds is 0. The molecule has 3 aromatic rings. The Bertz CT molecular complexity index is 930. The van der Waals surface area contributed by atoms with Crippen molar-refractivity contribution in [2.24, 2.45) is 0 Å². The number of aryl methyl sites for hydroxylation is 6. The molecular formula is C31H49N3. The Balaban J connectivity index is 0.000000473. The van der Waals surface area contributed by atoms with Crippen molar-refractivity contribution in [3.8, 4) is 0 Å². The predicted molar refractivity (Wildman–Crippen MR) is 150 cm³/mol. The first kappa shape index (κ1) is 31.4. The van der Waals surface area contributed by atoms with Gasteiger partial charge in [-0.25, -0.2) is 0 Å². The normalized spacial score (nSPS) is 9.97. The van der Waals surface area contributed by atoms with Gasteiger partial charge in [0.25, 0.3) is 0 Å². The smallest absolute Gasteiger partial charge is 0.0407 e. The third-order valence-electron chi connectivity index (χ3n) is 7.64. The van der Waals surface area contributed by atoms with Crippen LogP contribution in [0.3, 0.4) is 0 Å². The number of aromatic nitrogens is 3. The average molecular weight is 464 g/mol. The van der Waals surface area contributed by atoms with Gasteiger partial charge in [-0.05, 0) is 154 Å². The number of hydrogen-bond donors (Lipinski definition) is 0. The maximum Gasteiger partial charge on any atom is 0.0407 e. The standard InChI is InChI=1S/3C10H15N.CH4/c3*1-6-7(2)9(4)11-10(5)8(6)3;/h3*1-5H3;1H4. The van der Waals surface area contributed by atoms with Crippen LogP contribution in [0.25, 0.3) is 0 Å². The Kier molecular flexibility index (Phi) is 11.8. The van der Waals surface area contributed by atoms with Gasteiger partial charge in [0.05, 0.1) is 0 Å². The van der Waals surface area contributed by atoms with Crippen LogP contribution in [0.15, 0.2) is 0 Å². The minimum absolute atomic E-state index is 0.